The highest BCUT2D eigenvalue weighted by atomic mass is 35.5. The summed E-state index contributed by atoms with van der Waals surface area (Å²) in [5, 5.41) is 3.67. The molecule has 5 heteroatoms. The fraction of sp³-hybridized carbons (Fsp3) is 0.286. The summed E-state index contributed by atoms with van der Waals surface area (Å²) >= 11 is 6.14. The predicted molar refractivity (Wildman–Crippen MR) is 72.8 cm³/mol. The van der Waals surface area contributed by atoms with Crippen molar-refractivity contribution >= 4 is 17.5 Å². The lowest BCUT2D eigenvalue weighted by atomic mass is 10.2. The number of hydrogen-bond acceptors (Lipinski definition) is 3. The molecule has 0 saturated carbocycles. The molecule has 2 aromatic rings. The quantitative estimate of drug-likeness (QED) is 0.874. The monoisotopic (exact) mass is 277 g/mol. The Kier molecular flexibility index (Phi) is 3.34. The second kappa shape index (κ2) is 5.13. The van der Waals surface area contributed by atoms with Gasteiger partial charge in [-0.05, 0) is 37.0 Å². The van der Waals surface area contributed by atoms with Gasteiger partial charge in [-0.3, -0.25) is 0 Å². The van der Waals surface area contributed by atoms with Crippen molar-refractivity contribution in [2.75, 3.05) is 5.32 Å². The van der Waals surface area contributed by atoms with Crippen LogP contribution in [0.4, 0.5) is 10.3 Å². The molecule has 1 aromatic heterocycles. The number of benzene rings is 1. The lowest BCUT2D eigenvalue weighted by Gasteiger charge is -2.08. The number of hydrogen-bond donors (Lipinski definition) is 1. The van der Waals surface area contributed by atoms with E-state index >= 15 is 0 Å². The van der Waals surface area contributed by atoms with Gasteiger partial charge in [-0.2, -0.15) is 0 Å². The molecule has 1 aliphatic carbocycles. The summed E-state index contributed by atoms with van der Waals surface area (Å²) in [6.45, 7) is 0.551. The van der Waals surface area contributed by atoms with Gasteiger partial charge in [-0.25, -0.2) is 14.4 Å². The summed E-state index contributed by atoms with van der Waals surface area (Å²) in [6.07, 6.45) is 3.01. The lowest BCUT2D eigenvalue weighted by Crippen LogP contribution is -2.06. The van der Waals surface area contributed by atoms with Gasteiger partial charge in [0.1, 0.15) is 11.0 Å². The minimum Gasteiger partial charge on any atom is -0.350 e. The van der Waals surface area contributed by atoms with Crippen molar-refractivity contribution in [3.63, 3.8) is 0 Å². The zero-order valence-corrected chi connectivity index (χ0v) is 11.0. The van der Waals surface area contributed by atoms with Gasteiger partial charge in [0.15, 0.2) is 0 Å². The third kappa shape index (κ3) is 2.68. The van der Waals surface area contributed by atoms with E-state index in [1.54, 1.807) is 12.1 Å². The molecule has 3 nitrogen and oxygen atoms in total. The van der Waals surface area contributed by atoms with Gasteiger partial charge in [-0.15, -0.1) is 0 Å². The maximum atomic E-state index is 12.8. The Morgan fingerprint density at radius 3 is 2.74 bits per heavy atom. The Bertz CT molecular complexity index is 598. The molecule has 0 radical (unpaired) electrons. The number of aryl methyl sites for hydroxylation is 1. The Balaban J connectivity index is 1.73. The van der Waals surface area contributed by atoms with Gasteiger partial charge in [0.05, 0.1) is 5.69 Å². The van der Waals surface area contributed by atoms with Crippen LogP contribution in [-0.4, -0.2) is 9.97 Å². The van der Waals surface area contributed by atoms with Crippen LogP contribution in [0.5, 0.6) is 0 Å². The molecule has 0 amide bonds. The first kappa shape index (κ1) is 12.4. The molecule has 98 valence electrons. The molecular weight excluding hydrogens is 265 g/mol. The summed E-state index contributed by atoms with van der Waals surface area (Å²) < 4.78 is 12.8. The molecule has 19 heavy (non-hydrogen) atoms. The molecular formula is C14H13ClFN3. The maximum absolute atomic E-state index is 12.8. The Labute approximate surface area is 115 Å². The van der Waals surface area contributed by atoms with Crippen molar-refractivity contribution in [3.05, 3.63) is 52.1 Å². The van der Waals surface area contributed by atoms with E-state index in [1.807, 2.05) is 0 Å². The van der Waals surface area contributed by atoms with Crippen molar-refractivity contribution < 1.29 is 4.39 Å². The molecule has 0 fully saturated rings. The molecule has 1 aliphatic rings. The van der Waals surface area contributed by atoms with Crippen LogP contribution < -0.4 is 5.32 Å². The van der Waals surface area contributed by atoms with Crippen LogP contribution in [0.15, 0.2) is 24.3 Å². The average molecular weight is 278 g/mol. The van der Waals surface area contributed by atoms with Crippen LogP contribution in [0, 0.1) is 5.82 Å². The van der Waals surface area contributed by atoms with Crippen molar-refractivity contribution in [1.82, 2.24) is 9.97 Å². The Hall–Kier alpha value is -1.68. The van der Waals surface area contributed by atoms with E-state index in [1.165, 1.54) is 12.1 Å². The average Bonchev–Trinajstić information content (AvgIpc) is 2.87. The van der Waals surface area contributed by atoms with Crippen LogP contribution in [0.25, 0.3) is 0 Å². The van der Waals surface area contributed by atoms with Gasteiger partial charge in [0.25, 0.3) is 0 Å². The van der Waals surface area contributed by atoms with Crippen molar-refractivity contribution in [2.24, 2.45) is 0 Å². The zero-order chi connectivity index (χ0) is 13.2. The standard InChI is InChI=1S/C14H13ClFN3/c15-13-11-2-1-3-12(11)18-14(19-13)17-8-9-4-6-10(16)7-5-9/h4-7H,1-3,8H2,(H,17,18,19). The first-order valence-electron chi connectivity index (χ1n) is 6.26. The van der Waals surface area contributed by atoms with Gasteiger partial charge >= 0.3 is 0 Å². The molecule has 0 saturated heterocycles. The molecule has 0 bridgehead atoms. The van der Waals surface area contributed by atoms with E-state index in [2.05, 4.69) is 15.3 Å². The SMILES string of the molecule is Fc1ccc(CNc2nc(Cl)c3c(n2)CCC3)cc1. The van der Waals surface area contributed by atoms with Gasteiger partial charge in [-0.1, -0.05) is 23.7 Å². The number of fused-ring (bicyclic) bond motifs is 1. The summed E-state index contributed by atoms with van der Waals surface area (Å²) in [5.74, 6) is 0.301. The van der Waals surface area contributed by atoms with Crippen LogP contribution in [0.2, 0.25) is 5.15 Å². The fourth-order valence-corrected chi connectivity index (χ4v) is 2.53. The second-order valence-electron chi connectivity index (χ2n) is 4.60. The highest BCUT2D eigenvalue weighted by Gasteiger charge is 2.17. The molecule has 1 aromatic carbocycles. The third-order valence-electron chi connectivity index (χ3n) is 3.25. The first-order valence-corrected chi connectivity index (χ1v) is 6.64. The number of anilines is 1. The highest BCUT2D eigenvalue weighted by molar-refractivity contribution is 6.30. The molecule has 0 aliphatic heterocycles. The highest BCUT2D eigenvalue weighted by Crippen LogP contribution is 2.27. The zero-order valence-electron chi connectivity index (χ0n) is 10.3. The number of aromatic nitrogens is 2. The van der Waals surface area contributed by atoms with Crippen LogP contribution in [0.3, 0.4) is 0 Å². The summed E-state index contributed by atoms with van der Waals surface area (Å²) in [5.41, 5.74) is 3.09. The molecule has 3 rings (SSSR count). The van der Waals surface area contributed by atoms with Crippen molar-refractivity contribution in [2.45, 2.75) is 25.8 Å². The molecule has 0 unspecified atom stereocenters. The lowest BCUT2D eigenvalue weighted by molar-refractivity contribution is 0.627. The van der Waals surface area contributed by atoms with Gasteiger partial charge in [0, 0.05) is 12.1 Å². The van der Waals surface area contributed by atoms with Crippen LogP contribution in [-0.2, 0) is 19.4 Å². The van der Waals surface area contributed by atoms with Gasteiger partial charge in [0.2, 0.25) is 5.95 Å². The minimum atomic E-state index is -0.236. The van der Waals surface area contributed by atoms with Crippen LogP contribution >= 0.6 is 11.6 Å². The molecule has 1 heterocycles. The number of nitrogens with one attached hydrogen (secondary N) is 1. The smallest absolute Gasteiger partial charge is 0.224 e. The third-order valence-corrected chi connectivity index (χ3v) is 3.56. The minimum absolute atomic E-state index is 0.236. The van der Waals surface area contributed by atoms with Crippen LogP contribution in [0.1, 0.15) is 23.2 Å². The summed E-state index contributed by atoms with van der Waals surface area (Å²) in [6, 6.07) is 6.34. The maximum Gasteiger partial charge on any atom is 0.224 e. The normalized spacial score (nSPS) is 13.4. The summed E-state index contributed by atoms with van der Waals surface area (Å²) in [7, 11) is 0. The predicted octanol–water partition coefficient (Wildman–Crippen LogP) is 3.37. The van der Waals surface area contributed by atoms with Crippen molar-refractivity contribution in [1.29, 1.82) is 0 Å². The fourth-order valence-electron chi connectivity index (χ4n) is 2.25. The van der Waals surface area contributed by atoms with Crippen molar-refractivity contribution in [3.8, 4) is 0 Å². The van der Waals surface area contributed by atoms with E-state index in [4.69, 9.17) is 11.6 Å². The van der Waals surface area contributed by atoms with Gasteiger partial charge < -0.3 is 5.32 Å². The Morgan fingerprint density at radius 1 is 1.16 bits per heavy atom. The number of nitrogens with zero attached hydrogens (tertiary/aromatic N) is 2. The van der Waals surface area contributed by atoms with E-state index in [-0.39, 0.29) is 5.82 Å². The van der Waals surface area contributed by atoms with E-state index in [9.17, 15) is 4.39 Å². The van der Waals surface area contributed by atoms with E-state index in [0.29, 0.717) is 17.6 Å². The largest absolute Gasteiger partial charge is 0.350 e. The topological polar surface area (TPSA) is 37.8 Å². The molecule has 0 spiro atoms. The molecule has 0 atom stereocenters. The number of halogens is 2. The first-order chi connectivity index (χ1) is 9.22. The Morgan fingerprint density at radius 2 is 1.95 bits per heavy atom. The van der Waals surface area contributed by atoms with E-state index in [0.717, 1.165) is 36.1 Å². The summed E-state index contributed by atoms with van der Waals surface area (Å²) in [4.78, 5) is 8.71. The second-order valence-corrected chi connectivity index (χ2v) is 4.95. The number of rotatable bonds is 3. The molecule has 1 N–H and O–H groups in total. The van der Waals surface area contributed by atoms with E-state index < -0.39 is 0 Å².